The number of hydrogen-bond donors (Lipinski definition) is 1. The van der Waals surface area contributed by atoms with Crippen LogP contribution in [0.4, 0.5) is 5.69 Å². The third-order valence-electron chi connectivity index (χ3n) is 5.72. The fourth-order valence-corrected chi connectivity index (χ4v) is 4.75. The van der Waals surface area contributed by atoms with Crippen molar-refractivity contribution in [1.29, 1.82) is 0 Å². The van der Waals surface area contributed by atoms with Crippen molar-refractivity contribution in [2.45, 2.75) is 34.2 Å². The molecule has 12 heteroatoms. The predicted octanol–water partition coefficient (Wildman–Crippen LogP) is 2.04. The first-order chi connectivity index (χ1) is 16.3. The topological polar surface area (TPSA) is 122 Å². The maximum atomic E-state index is 12.8. The first-order valence-corrected chi connectivity index (χ1v) is 13.2. The maximum absolute atomic E-state index is 12.8. The summed E-state index contributed by atoms with van der Waals surface area (Å²) in [5.74, 6) is -0.490. The first-order valence-electron chi connectivity index (χ1n) is 11.3. The van der Waals surface area contributed by atoms with E-state index in [2.05, 4.69) is 10.3 Å². The van der Waals surface area contributed by atoms with Gasteiger partial charge in [0.1, 0.15) is 6.54 Å². The van der Waals surface area contributed by atoms with Crippen LogP contribution in [-0.2, 0) is 26.2 Å². The molecule has 3 rings (SSSR count). The second-order valence-corrected chi connectivity index (χ2v) is 12.0. The van der Waals surface area contributed by atoms with E-state index in [1.54, 1.807) is 50.8 Å². The Morgan fingerprint density at radius 1 is 1.11 bits per heavy atom. The maximum Gasteiger partial charge on any atom is 0.254 e. The van der Waals surface area contributed by atoms with E-state index in [0.717, 1.165) is 0 Å². The number of benzene rings is 1. The van der Waals surface area contributed by atoms with Crippen LogP contribution in [0.5, 0.6) is 0 Å². The van der Waals surface area contributed by atoms with Crippen LogP contribution < -0.4 is 10.9 Å². The van der Waals surface area contributed by atoms with Crippen LogP contribution in [0.3, 0.4) is 0 Å². The Balaban J connectivity index is 1.75. The highest BCUT2D eigenvalue weighted by atomic mass is 35.5. The van der Waals surface area contributed by atoms with Gasteiger partial charge < -0.3 is 10.2 Å². The zero-order chi connectivity index (χ0) is 26.0. The molecule has 1 aromatic carbocycles. The molecule has 0 unspecified atom stereocenters. The average Bonchev–Trinajstić information content (AvgIpc) is 2.80. The lowest BCUT2D eigenvalue weighted by atomic mass is 9.95. The number of nitrogens with one attached hydrogen (secondary N) is 1. The summed E-state index contributed by atoms with van der Waals surface area (Å²) >= 11 is 6.12. The molecule has 0 spiro atoms. The Kier molecular flexibility index (Phi) is 8.03. The smallest absolute Gasteiger partial charge is 0.254 e. The monoisotopic (exact) mass is 523 g/mol. The quantitative estimate of drug-likeness (QED) is 0.618. The van der Waals surface area contributed by atoms with Crippen molar-refractivity contribution in [3.05, 3.63) is 46.0 Å². The molecule has 1 saturated heterocycles. The zero-order valence-corrected chi connectivity index (χ0v) is 21.8. The van der Waals surface area contributed by atoms with Gasteiger partial charge in [0.15, 0.2) is 0 Å². The summed E-state index contributed by atoms with van der Waals surface area (Å²) in [5, 5.41) is 3.26. The van der Waals surface area contributed by atoms with Crippen molar-refractivity contribution in [2.75, 3.05) is 37.2 Å². The number of hydrogen-bond acceptors (Lipinski definition) is 6. The Morgan fingerprint density at radius 3 is 2.34 bits per heavy atom. The molecule has 1 aliphatic heterocycles. The molecule has 2 heterocycles. The number of nitrogens with zero attached hydrogens (tertiary/aromatic N) is 4. The molecule has 0 radical (unpaired) electrons. The van der Waals surface area contributed by atoms with Gasteiger partial charge in [0.05, 0.1) is 23.5 Å². The third kappa shape index (κ3) is 6.47. The molecular weight excluding hydrogens is 494 g/mol. The summed E-state index contributed by atoms with van der Waals surface area (Å²) in [7, 11) is -3.29. The molecule has 1 aromatic heterocycles. The number of anilines is 1. The molecule has 190 valence electrons. The third-order valence-corrected chi connectivity index (χ3v) is 7.84. The largest absolute Gasteiger partial charge is 0.338 e. The van der Waals surface area contributed by atoms with Gasteiger partial charge in [-0.1, -0.05) is 32.4 Å². The van der Waals surface area contributed by atoms with Crippen LogP contribution >= 0.6 is 11.6 Å². The predicted molar refractivity (Wildman–Crippen MR) is 135 cm³/mol. The van der Waals surface area contributed by atoms with Crippen LogP contribution in [0.15, 0.2) is 35.4 Å². The van der Waals surface area contributed by atoms with Crippen molar-refractivity contribution < 1.29 is 18.0 Å². The molecule has 0 atom stereocenters. The second-order valence-electron chi connectivity index (χ2n) is 9.31. The zero-order valence-electron chi connectivity index (χ0n) is 20.2. The van der Waals surface area contributed by atoms with E-state index in [0.29, 0.717) is 22.0 Å². The van der Waals surface area contributed by atoms with E-state index in [-0.39, 0.29) is 50.3 Å². The Bertz CT molecular complexity index is 1280. The highest BCUT2D eigenvalue weighted by Gasteiger charge is 2.28. The van der Waals surface area contributed by atoms with Crippen molar-refractivity contribution in [3.63, 3.8) is 0 Å². The number of carbonyl (C=O) groups excluding carboxylic acids is 2. The fraction of sp³-hybridized carbons (Fsp3) is 0.478. The number of piperazine rings is 1. The van der Waals surface area contributed by atoms with Crippen LogP contribution in [0.2, 0.25) is 5.02 Å². The van der Waals surface area contributed by atoms with Crippen molar-refractivity contribution in [2.24, 2.45) is 5.41 Å². The molecule has 1 fully saturated rings. The van der Waals surface area contributed by atoms with Gasteiger partial charge in [0, 0.05) is 48.2 Å². The molecule has 2 amide bonds. The van der Waals surface area contributed by atoms with Crippen LogP contribution in [-0.4, -0.2) is 70.9 Å². The van der Waals surface area contributed by atoms with E-state index < -0.39 is 21.0 Å². The number of rotatable bonds is 6. The van der Waals surface area contributed by atoms with E-state index in [1.165, 1.54) is 21.3 Å². The Morgan fingerprint density at radius 2 is 1.77 bits per heavy atom. The summed E-state index contributed by atoms with van der Waals surface area (Å²) in [6.45, 7) is 7.71. The van der Waals surface area contributed by atoms with E-state index in [9.17, 15) is 22.8 Å². The number of carbonyl (C=O) groups is 2. The van der Waals surface area contributed by atoms with Crippen LogP contribution in [0.25, 0.3) is 11.3 Å². The Labute approximate surface area is 209 Å². The highest BCUT2D eigenvalue weighted by Crippen LogP contribution is 2.30. The molecule has 2 aromatic rings. The average molecular weight is 524 g/mol. The van der Waals surface area contributed by atoms with Gasteiger partial charge in [-0.25, -0.2) is 13.4 Å². The normalized spacial score (nSPS) is 15.2. The minimum absolute atomic E-state index is 0.0174. The summed E-state index contributed by atoms with van der Waals surface area (Å²) in [6.07, 6.45) is 1.29. The Hall–Kier alpha value is -2.76. The van der Waals surface area contributed by atoms with Gasteiger partial charge in [-0.15, -0.1) is 0 Å². The summed E-state index contributed by atoms with van der Waals surface area (Å²) in [5.41, 5.74) is 0.216. The summed E-state index contributed by atoms with van der Waals surface area (Å²) < 4.78 is 26.6. The standard InChI is InChI=1S/C23H30ClN5O5S/c1-5-35(33,34)29-10-8-27(9-11-29)21(31)14-28-15-25-18(13-20(28)30)17-7-6-16(24)12-19(17)26-22(32)23(2,3)4/h6-7,12-13,15H,5,8-11,14H2,1-4H3,(H,26,32). The molecule has 1 aliphatic rings. The van der Waals surface area contributed by atoms with Gasteiger partial charge in [0.2, 0.25) is 21.8 Å². The molecular formula is C23H30ClN5O5S. The van der Waals surface area contributed by atoms with Crippen molar-refractivity contribution in [3.8, 4) is 11.3 Å². The number of aromatic nitrogens is 2. The van der Waals surface area contributed by atoms with Gasteiger partial charge in [-0.05, 0) is 25.1 Å². The molecule has 0 saturated carbocycles. The fourth-order valence-electron chi connectivity index (χ4n) is 3.49. The SMILES string of the molecule is CCS(=O)(=O)N1CCN(C(=O)Cn2cnc(-c3ccc(Cl)cc3NC(=O)C(C)(C)C)cc2=O)CC1. The number of sulfonamides is 1. The van der Waals surface area contributed by atoms with Gasteiger partial charge in [-0.3, -0.25) is 19.0 Å². The number of amides is 2. The lowest BCUT2D eigenvalue weighted by molar-refractivity contribution is -0.133. The molecule has 35 heavy (non-hydrogen) atoms. The van der Waals surface area contributed by atoms with E-state index in [1.807, 2.05) is 0 Å². The first kappa shape index (κ1) is 26.8. The molecule has 0 aliphatic carbocycles. The van der Waals surface area contributed by atoms with Crippen LogP contribution in [0, 0.1) is 5.41 Å². The van der Waals surface area contributed by atoms with Crippen molar-refractivity contribution >= 4 is 39.1 Å². The van der Waals surface area contributed by atoms with Crippen LogP contribution in [0.1, 0.15) is 27.7 Å². The van der Waals surface area contributed by atoms with Gasteiger partial charge >= 0.3 is 0 Å². The number of halogens is 1. The van der Waals surface area contributed by atoms with Crippen molar-refractivity contribution in [1.82, 2.24) is 18.8 Å². The van der Waals surface area contributed by atoms with E-state index in [4.69, 9.17) is 11.6 Å². The molecule has 1 N–H and O–H groups in total. The van der Waals surface area contributed by atoms with E-state index >= 15 is 0 Å². The summed E-state index contributed by atoms with van der Waals surface area (Å²) in [4.78, 5) is 43.9. The summed E-state index contributed by atoms with van der Waals surface area (Å²) in [6, 6.07) is 6.20. The highest BCUT2D eigenvalue weighted by molar-refractivity contribution is 7.89. The molecule has 10 nitrogen and oxygen atoms in total. The minimum atomic E-state index is -3.29. The lowest BCUT2D eigenvalue weighted by Crippen LogP contribution is -2.51. The minimum Gasteiger partial charge on any atom is -0.338 e. The van der Waals surface area contributed by atoms with Gasteiger partial charge in [0.25, 0.3) is 5.56 Å². The van der Waals surface area contributed by atoms with Gasteiger partial charge in [-0.2, -0.15) is 4.31 Å². The molecule has 0 bridgehead atoms. The second kappa shape index (κ2) is 10.5. The lowest BCUT2D eigenvalue weighted by Gasteiger charge is -2.33.